The summed E-state index contributed by atoms with van der Waals surface area (Å²) < 4.78 is 1.60. The highest BCUT2D eigenvalue weighted by atomic mass is 32.2. The fraction of sp³-hybridized carbons (Fsp3) is 0.333. The Labute approximate surface area is 155 Å². The van der Waals surface area contributed by atoms with Gasteiger partial charge in [-0.3, -0.25) is 19.0 Å². The maximum atomic E-state index is 12.6. The molecule has 1 atom stereocenters. The summed E-state index contributed by atoms with van der Waals surface area (Å²) in [6.45, 7) is 4.08. The number of primary amides is 1. The number of carbonyl (C=O) groups is 2. The summed E-state index contributed by atoms with van der Waals surface area (Å²) in [6, 6.07) is 6.39. The zero-order valence-electron chi connectivity index (χ0n) is 14.6. The van der Waals surface area contributed by atoms with Crippen LogP contribution < -0.4 is 16.6 Å². The molecule has 0 aliphatic carbocycles. The molecule has 2 heterocycles. The summed E-state index contributed by atoms with van der Waals surface area (Å²) in [4.78, 5) is 40.8. The van der Waals surface area contributed by atoms with E-state index in [0.717, 1.165) is 5.69 Å². The highest BCUT2D eigenvalue weighted by Gasteiger charge is 2.28. The van der Waals surface area contributed by atoms with Crippen molar-refractivity contribution in [2.45, 2.75) is 32.0 Å². The topological polar surface area (TPSA) is 107 Å². The van der Waals surface area contributed by atoms with Gasteiger partial charge < -0.3 is 11.1 Å². The molecule has 0 radical (unpaired) electrons. The number of thioether (sulfide) groups is 1. The third kappa shape index (κ3) is 3.50. The van der Waals surface area contributed by atoms with Crippen LogP contribution in [0.25, 0.3) is 0 Å². The number of hydrogen-bond acceptors (Lipinski definition) is 5. The van der Waals surface area contributed by atoms with Gasteiger partial charge in [-0.1, -0.05) is 18.7 Å². The molecule has 1 aliphatic heterocycles. The van der Waals surface area contributed by atoms with Crippen molar-refractivity contribution in [2.24, 2.45) is 11.7 Å². The quantitative estimate of drug-likeness (QED) is 0.792. The number of aryl methyl sites for hydroxylation is 1. The fourth-order valence-electron chi connectivity index (χ4n) is 2.92. The van der Waals surface area contributed by atoms with Crippen molar-refractivity contribution in [3.8, 4) is 0 Å². The van der Waals surface area contributed by atoms with E-state index < -0.39 is 5.91 Å². The molecule has 2 amide bonds. The van der Waals surface area contributed by atoms with Gasteiger partial charge in [0.15, 0.2) is 5.16 Å². The monoisotopic (exact) mass is 372 g/mol. The molecule has 3 N–H and O–H groups in total. The number of carbonyl (C=O) groups excluding carboxylic acids is 2. The van der Waals surface area contributed by atoms with E-state index in [9.17, 15) is 14.4 Å². The zero-order chi connectivity index (χ0) is 18.8. The molecule has 136 valence electrons. The SMILES string of the molecule is CCc1c(C)nc2n(c1=O)CC(C(=O)Nc1ccc(C(N)=O)cc1)CS2. The molecule has 7 nitrogen and oxygen atoms in total. The van der Waals surface area contributed by atoms with Crippen LogP contribution in [0.5, 0.6) is 0 Å². The first-order valence-corrected chi connectivity index (χ1v) is 9.33. The normalized spacial score (nSPS) is 16.0. The van der Waals surface area contributed by atoms with Crippen LogP contribution in [0.3, 0.4) is 0 Å². The second kappa shape index (κ2) is 7.33. The van der Waals surface area contributed by atoms with Gasteiger partial charge >= 0.3 is 0 Å². The van der Waals surface area contributed by atoms with Gasteiger partial charge in [-0.05, 0) is 37.6 Å². The number of benzene rings is 1. The van der Waals surface area contributed by atoms with E-state index in [2.05, 4.69) is 10.3 Å². The van der Waals surface area contributed by atoms with Crippen LogP contribution in [0, 0.1) is 12.8 Å². The van der Waals surface area contributed by atoms with Gasteiger partial charge in [-0.25, -0.2) is 4.98 Å². The highest BCUT2D eigenvalue weighted by molar-refractivity contribution is 7.99. The smallest absolute Gasteiger partial charge is 0.257 e. The summed E-state index contributed by atoms with van der Waals surface area (Å²) in [5, 5.41) is 3.49. The van der Waals surface area contributed by atoms with E-state index in [1.54, 1.807) is 28.8 Å². The minimum Gasteiger partial charge on any atom is -0.366 e. The largest absolute Gasteiger partial charge is 0.366 e. The van der Waals surface area contributed by atoms with Gasteiger partial charge in [0.2, 0.25) is 11.8 Å². The molecule has 0 fully saturated rings. The van der Waals surface area contributed by atoms with Crippen LogP contribution in [0.2, 0.25) is 0 Å². The summed E-state index contributed by atoms with van der Waals surface area (Å²) in [5.41, 5.74) is 7.56. The van der Waals surface area contributed by atoms with Crippen LogP contribution in [0.4, 0.5) is 5.69 Å². The Morgan fingerprint density at radius 2 is 2.04 bits per heavy atom. The van der Waals surface area contributed by atoms with Crippen molar-refractivity contribution in [3.63, 3.8) is 0 Å². The molecule has 1 aromatic heterocycles. The molecule has 1 aliphatic rings. The molecular formula is C18H20N4O3S. The van der Waals surface area contributed by atoms with Crippen LogP contribution in [0.15, 0.2) is 34.2 Å². The number of nitrogens with zero attached hydrogens (tertiary/aromatic N) is 2. The van der Waals surface area contributed by atoms with Crippen LogP contribution in [-0.4, -0.2) is 27.1 Å². The van der Waals surface area contributed by atoms with Gasteiger partial charge in [0.25, 0.3) is 5.56 Å². The number of hydrogen-bond donors (Lipinski definition) is 2. The van der Waals surface area contributed by atoms with Crippen molar-refractivity contribution in [3.05, 3.63) is 51.4 Å². The number of aromatic nitrogens is 2. The molecule has 26 heavy (non-hydrogen) atoms. The van der Waals surface area contributed by atoms with E-state index in [1.165, 1.54) is 11.8 Å². The average Bonchev–Trinajstić information content (AvgIpc) is 2.62. The van der Waals surface area contributed by atoms with E-state index >= 15 is 0 Å². The van der Waals surface area contributed by atoms with Gasteiger partial charge in [0.1, 0.15) is 0 Å². The molecule has 0 saturated heterocycles. The summed E-state index contributed by atoms with van der Waals surface area (Å²) in [6.07, 6.45) is 0.617. The first-order chi connectivity index (χ1) is 12.4. The maximum absolute atomic E-state index is 12.6. The maximum Gasteiger partial charge on any atom is 0.257 e. The Balaban J connectivity index is 1.77. The Hall–Kier alpha value is -2.61. The minimum atomic E-state index is -0.517. The van der Waals surface area contributed by atoms with Crippen LogP contribution >= 0.6 is 11.8 Å². The molecule has 0 spiro atoms. The van der Waals surface area contributed by atoms with E-state index in [1.807, 2.05) is 13.8 Å². The third-order valence-corrected chi connectivity index (χ3v) is 5.55. The molecule has 8 heteroatoms. The lowest BCUT2D eigenvalue weighted by atomic mass is 10.1. The second-order valence-electron chi connectivity index (χ2n) is 6.17. The van der Waals surface area contributed by atoms with E-state index in [0.29, 0.717) is 40.7 Å². The van der Waals surface area contributed by atoms with Gasteiger partial charge in [0, 0.05) is 34.8 Å². The molecule has 1 aromatic carbocycles. The van der Waals surface area contributed by atoms with Gasteiger partial charge in [-0.15, -0.1) is 0 Å². The second-order valence-corrected chi connectivity index (χ2v) is 7.15. The lowest BCUT2D eigenvalue weighted by molar-refractivity contribution is -0.119. The number of nitrogens with one attached hydrogen (secondary N) is 1. The van der Waals surface area contributed by atoms with Crippen molar-refractivity contribution < 1.29 is 9.59 Å². The lowest BCUT2D eigenvalue weighted by Crippen LogP contribution is -2.38. The van der Waals surface area contributed by atoms with Crippen molar-refractivity contribution >= 4 is 29.3 Å². The first kappa shape index (κ1) is 18.2. The molecule has 0 saturated carbocycles. The van der Waals surface area contributed by atoms with Crippen molar-refractivity contribution in [2.75, 3.05) is 11.1 Å². The third-order valence-electron chi connectivity index (χ3n) is 4.41. The lowest BCUT2D eigenvalue weighted by Gasteiger charge is -2.25. The highest BCUT2D eigenvalue weighted by Crippen LogP contribution is 2.26. The standard InChI is InChI=1S/C18H20N4O3S/c1-3-14-10(2)20-18-22(17(14)25)8-12(9-26-18)16(24)21-13-6-4-11(5-7-13)15(19)23/h4-7,12H,3,8-9H2,1-2H3,(H2,19,23)(H,21,24). The number of rotatable bonds is 4. The summed E-state index contributed by atoms with van der Waals surface area (Å²) in [5.74, 6) is -0.462. The van der Waals surface area contributed by atoms with E-state index in [-0.39, 0.29) is 17.4 Å². The number of amides is 2. The van der Waals surface area contributed by atoms with E-state index in [4.69, 9.17) is 5.73 Å². The minimum absolute atomic E-state index is 0.0641. The Morgan fingerprint density at radius 3 is 2.65 bits per heavy atom. The molecule has 3 rings (SSSR count). The number of anilines is 1. The predicted octanol–water partition coefficient (Wildman–Crippen LogP) is 1.57. The molecule has 0 bridgehead atoms. The van der Waals surface area contributed by atoms with Gasteiger partial charge in [0.05, 0.1) is 5.92 Å². The number of nitrogens with two attached hydrogens (primary N) is 1. The van der Waals surface area contributed by atoms with Crippen LogP contribution in [-0.2, 0) is 17.8 Å². The average molecular weight is 372 g/mol. The van der Waals surface area contributed by atoms with Crippen molar-refractivity contribution in [1.82, 2.24) is 9.55 Å². The molecule has 2 aromatic rings. The fourth-order valence-corrected chi connectivity index (χ4v) is 4.04. The molecular weight excluding hydrogens is 352 g/mol. The number of fused-ring (bicyclic) bond motifs is 1. The molecule has 1 unspecified atom stereocenters. The Morgan fingerprint density at radius 1 is 1.35 bits per heavy atom. The van der Waals surface area contributed by atoms with Crippen molar-refractivity contribution in [1.29, 1.82) is 0 Å². The summed E-state index contributed by atoms with van der Waals surface area (Å²) >= 11 is 1.42. The predicted molar refractivity (Wildman–Crippen MR) is 100 cm³/mol. The zero-order valence-corrected chi connectivity index (χ0v) is 15.4. The Bertz CT molecular complexity index is 921. The Kier molecular flexibility index (Phi) is 5.13. The van der Waals surface area contributed by atoms with Gasteiger partial charge in [-0.2, -0.15) is 0 Å². The van der Waals surface area contributed by atoms with Crippen LogP contribution in [0.1, 0.15) is 28.5 Å². The first-order valence-electron chi connectivity index (χ1n) is 8.34. The summed E-state index contributed by atoms with van der Waals surface area (Å²) in [7, 11) is 0.